The number of fused-ring (bicyclic) bond motifs is 1. The number of rotatable bonds is 9. The fraction of sp³-hybridized carbons (Fsp3) is 0.464. The smallest absolute Gasteiger partial charge is 0.409 e. The van der Waals surface area contributed by atoms with Crippen LogP contribution in [0.5, 0.6) is 0 Å². The van der Waals surface area contributed by atoms with Crippen LogP contribution in [0.4, 0.5) is 9.93 Å². The first-order chi connectivity index (χ1) is 20.3. The summed E-state index contributed by atoms with van der Waals surface area (Å²) in [6.45, 7) is 6.92. The molecule has 42 heavy (non-hydrogen) atoms. The van der Waals surface area contributed by atoms with Crippen molar-refractivity contribution in [3.05, 3.63) is 48.0 Å². The normalized spacial score (nSPS) is 17.0. The highest BCUT2D eigenvalue weighted by Crippen LogP contribution is 2.32. The third kappa shape index (κ3) is 6.90. The molecular weight excluding hydrogens is 599 g/mol. The predicted molar refractivity (Wildman–Crippen MR) is 164 cm³/mol. The molecule has 5 rings (SSSR count). The first-order valence-corrected chi connectivity index (χ1v) is 17.4. The summed E-state index contributed by atoms with van der Waals surface area (Å²) in [4.78, 5) is 37.3. The van der Waals surface area contributed by atoms with Crippen molar-refractivity contribution in [3.8, 4) is 0 Å². The Morgan fingerprint density at radius 2 is 1.76 bits per heavy atom. The van der Waals surface area contributed by atoms with Gasteiger partial charge in [-0.05, 0) is 55.6 Å². The Morgan fingerprint density at radius 1 is 1.05 bits per heavy atom. The zero-order chi connectivity index (χ0) is 29.7. The number of amides is 2. The summed E-state index contributed by atoms with van der Waals surface area (Å²) in [6, 6.07) is 12.1. The number of thiazole rings is 1. The molecule has 1 aromatic heterocycles. The molecule has 2 amide bonds. The quantitative estimate of drug-likeness (QED) is 0.327. The molecule has 3 aromatic rings. The van der Waals surface area contributed by atoms with E-state index in [0.29, 0.717) is 37.0 Å². The van der Waals surface area contributed by atoms with Crippen LogP contribution in [-0.2, 0) is 19.5 Å². The lowest BCUT2D eigenvalue weighted by molar-refractivity contribution is 0.0391. The van der Waals surface area contributed by atoms with Crippen LogP contribution in [0.25, 0.3) is 10.2 Å². The lowest BCUT2D eigenvalue weighted by atomic mass is 10.2. The lowest BCUT2D eigenvalue weighted by Crippen LogP contribution is -2.50. The van der Waals surface area contributed by atoms with Crippen molar-refractivity contribution in [2.45, 2.75) is 16.7 Å². The van der Waals surface area contributed by atoms with E-state index in [9.17, 15) is 18.0 Å². The maximum atomic E-state index is 13.9. The molecule has 0 bridgehead atoms. The number of carbonyl (C=O) groups excluding carboxylic acids is 2. The van der Waals surface area contributed by atoms with E-state index in [4.69, 9.17) is 14.5 Å². The Bertz CT molecular complexity index is 1500. The van der Waals surface area contributed by atoms with Crippen LogP contribution in [0.1, 0.15) is 17.3 Å². The second kappa shape index (κ2) is 13.7. The molecule has 14 heteroatoms. The molecule has 0 N–H and O–H groups in total. The van der Waals surface area contributed by atoms with E-state index in [1.165, 1.54) is 32.7 Å². The molecule has 0 radical (unpaired) electrons. The molecule has 0 unspecified atom stereocenters. The summed E-state index contributed by atoms with van der Waals surface area (Å²) in [5.41, 5.74) is 1.22. The van der Waals surface area contributed by atoms with Gasteiger partial charge in [0.1, 0.15) is 0 Å². The highest BCUT2D eigenvalue weighted by atomic mass is 32.2. The fourth-order valence-corrected chi connectivity index (χ4v) is 7.85. The predicted octanol–water partition coefficient (Wildman–Crippen LogP) is 3.46. The Hall–Kier alpha value is -2.75. The summed E-state index contributed by atoms with van der Waals surface area (Å²) in [5, 5.41) is 0.609. The average molecular weight is 634 g/mol. The van der Waals surface area contributed by atoms with Gasteiger partial charge in [-0.3, -0.25) is 14.6 Å². The first kappa shape index (κ1) is 30.7. The number of nitrogens with zero attached hydrogens (tertiary/aromatic N) is 5. The summed E-state index contributed by atoms with van der Waals surface area (Å²) in [5.74, 6) is -0.237. The molecule has 0 atom stereocenters. The minimum Gasteiger partial charge on any atom is -0.450 e. The second-order valence-corrected chi connectivity index (χ2v) is 13.7. The maximum absolute atomic E-state index is 13.9. The topological polar surface area (TPSA) is 113 Å². The molecule has 0 saturated carbocycles. The molecule has 3 heterocycles. The van der Waals surface area contributed by atoms with Crippen LogP contribution >= 0.6 is 23.1 Å². The third-order valence-corrected chi connectivity index (χ3v) is 11.0. The van der Waals surface area contributed by atoms with Crippen LogP contribution in [0.15, 0.2) is 52.3 Å². The van der Waals surface area contributed by atoms with E-state index >= 15 is 0 Å². The van der Waals surface area contributed by atoms with Crippen LogP contribution in [0.3, 0.4) is 0 Å². The van der Waals surface area contributed by atoms with Gasteiger partial charge in [-0.25, -0.2) is 18.2 Å². The summed E-state index contributed by atoms with van der Waals surface area (Å²) in [7, 11) is -3.79. The van der Waals surface area contributed by atoms with Crippen LogP contribution < -0.4 is 4.90 Å². The van der Waals surface area contributed by atoms with Crippen molar-refractivity contribution in [2.75, 3.05) is 83.3 Å². The van der Waals surface area contributed by atoms with Crippen molar-refractivity contribution in [1.29, 1.82) is 0 Å². The summed E-state index contributed by atoms with van der Waals surface area (Å²) < 4.78 is 39.5. The third-order valence-electron chi connectivity index (χ3n) is 7.31. The van der Waals surface area contributed by atoms with Gasteiger partial charge in [0.2, 0.25) is 10.0 Å². The largest absolute Gasteiger partial charge is 0.450 e. The number of sulfonamides is 1. The molecule has 11 nitrogen and oxygen atoms in total. The van der Waals surface area contributed by atoms with Crippen LogP contribution in [0.2, 0.25) is 0 Å². The van der Waals surface area contributed by atoms with E-state index in [0.717, 1.165) is 28.2 Å². The number of hydrogen-bond acceptors (Lipinski definition) is 10. The number of benzene rings is 2. The number of ether oxygens (including phenoxy) is 2. The van der Waals surface area contributed by atoms with E-state index in [1.807, 2.05) is 18.4 Å². The standard InChI is InChI=1S/C28H35N5O6S3/c1-3-39-28(35)31-11-13-32(14-12-31)42(36,37)23-7-4-21(5-8-23)26(34)33(15-10-30-16-18-38-19-17-30)27-29-24-9-6-22(40-2)20-25(24)41-27/h4-9,20H,3,10-19H2,1-2H3. The molecule has 0 aliphatic carbocycles. The number of piperazine rings is 1. The van der Waals surface area contributed by atoms with E-state index < -0.39 is 16.1 Å². The Kier molecular flexibility index (Phi) is 10.0. The molecule has 2 saturated heterocycles. The molecule has 226 valence electrons. The van der Waals surface area contributed by atoms with Gasteiger partial charge in [0.05, 0.1) is 34.9 Å². The van der Waals surface area contributed by atoms with Gasteiger partial charge < -0.3 is 14.4 Å². The number of morpholine rings is 1. The van der Waals surface area contributed by atoms with Gasteiger partial charge in [0, 0.05) is 62.8 Å². The van der Waals surface area contributed by atoms with Gasteiger partial charge in [-0.2, -0.15) is 4.31 Å². The summed E-state index contributed by atoms with van der Waals surface area (Å²) >= 11 is 3.13. The zero-order valence-electron chi connectivity index (χ0n) is 23.7. The molecule has 0 spiro atoms. The van der Waals surface area contributed by atoms with Crippen molar-refractivity contribution < 1.29 is 27.5 Å². The van der Waals surface area contributed by atoms with Gasteiger partial charge >= 0.3 is 6.09 Å². The molecule has 2 aromatic carbocycles. The number of carbonyl (C=O) groups is 2. The zero-order valence-corrected chi connectivity index (χ0v) is 26.2. The van der Waals surface area contributed by atoms with E-state index in [2.05, 4.69) is 11.0 Å². The fourth-order valence-electron chi connectivity index (χ4n) is 4.89. The Labute approximate surface area is 254 Å². The second-order valence-electron chi connectivity index (χ2n) is 9.86. The highest BCUT2D eigenvalue weighted by Gasteiger charge is 2.31. The van der Waals surface area contributed by atoms with Crippen LogP contribution in [-0.4, -0.2) is 118 Å². The Morgan fingerprint density at radius 3 is 2.43 bits per heavy atom. The highest BCUT2D eigenvalue weighted by molar-refractivity contribution is 7.98. The van der Waals surface area contributed by atoms with Gasteiger partial charge in [-0.15, -0.1) is 11.8 Å². The Balaban J connectivity index is 1.33. The maximum Gasteiger partial charge on any atom is 0.409 e. The van der Waals surface area contributed by atoms with E-state index in [-0.39, 0.29) is 43.6 Å². The van der Waals surface area contributed by atoms with Crippen LogP contribution in [0, 0.1) is 0 Å². The lowest BCUT2D eigenvalue weighted by Gasteiger charge is -2.33. The molecule has 2 aliphatic heterocycles. The van der Waals surface area contributed by atoms with Gasteiger partial charge in [0.25, 0.3) is 5.91 Å². The number of hydrogen-bond donors (Lipinski definition) is 0. The first-order valence-electron chi connectivity index (χ1n) is 13.9. The SMILES string of the molecule is CCOC(=O)N1CCN(S(=O)(=O)c2ccc(C(=O)N(CCN3CCOCC3)c3nc4ccc(SC)cc4s3)cc2)CC1. The number of anilines is 1. The van der Waals surface area contributed by atoms with Gasteiger partial charge in [0.15, 0.2) is 5.13 Å². The van der Waals surface area contributed by atoms with Crippen molar-refractivity contribution in [1.82, 2.24) is 19.1 Å². The average Bonchev–Trinajstić information content (AvgIpc) is 3.45. The molecular formula is C28H35N5O6S3. The minimum absolute atomic E-state index is 0.105. The summed E-state index contributed by atoms with van der Waals surface area (Å²) in [6.07, 6.45) is 1.59. The monoisotopic (exact) mass is 633 g/mol. The van der Waals surface area contributed by atoms with E-state index in [1.54, 1.807) is 35.7 Å². The van der Waals surface area contributed by atoms with Crippen molar-refractivity contribution in [3.63, 3.8) is 0 Å². The van der Waals surface area contributed by atoms with Crippen molar-refractivity contribution in [2.24, 2.45) is 0 Å². The number of aromatic nitrogens is 1. The number of thioether (sulfide) groups is 1. The molecule has 2 aliphatic rings. The van der Waals surface area contributed by atoms with Crippen molar-refractivity contribution >= 4 is 60.5 Å². The minimum atomic E-state index is -3.79. The van der Waals surface area contributed by atoms with Gasteiger partial charge in [-0.1, -0.05) is 11.3 Å². The molecule has 2 fully saturated rings.